The largest absolute Gasteiger partial charge is 0.379 e. The molecule has 9 heteroatoms. The van der Waals surface area contributed by atoms with Gasteiger partial charge < -0.3 is 10.6 Å². The Morgan fingerprint density at radius 2 is 2.00 bits per heavy atom. The van der Waals surface area contributed by atoms with E-state index in [4.69, 9.17) is 11.6 Å². The fraction of sp³-hybridized carbons (Fsp3) is 0.591. The highest BCUT2D eigenvalue weighted by Gasteiger charge is 2.56. The van der Waals surface area contributed by atoms with E-state index in [1.165, 1.54) is 6.42 Å². The van der Waals surface area contributed by atoms with E-state index < -0.39 is 5.56 Å². The first-order valence-electron chi connectivity index (χ1n) is 10.7. The van der Waals surface area contributed by atoms with E-state index in [0.29, 0.717) is 35.4 Å². The second-order valence-electron chi connectivity index (χ2n) is 9.52. The lowest BCUT2D eigenvalue weighted by Gasteiger charge is -2.62. The molecule has 0 unspecified atom stereocenters. The van der Waals surface area contributed by atoms with Gasteiger partial charge in [0.25, 0.3) is 5.56 Å². The predicted molar refractivity (Wildman–Crippen MR) is 119 cm³/mol. The molecule has 3 saturated carbocycles. The molecule has 2 bridgehead atoms. The number of nitrogens with one attached hydrogen (secondary N) is 2. The van der Waals surface area contributed by atoms with Gasteiger partial charge in [0.2, 0.25) is 5.91 Å². The van der Waals surface area contributed by atoms with Crippen LogP contribution in [0.15, 0.2) is 23.4 Å². The molecule has 0 aliphatic heterocycles. The number of hydrogen-bond acceptors (Lipinski definition) is 6. The van der Waals surface area contributed by atoms with Gasteiger partial charge in [0.1, 0.15) is 11.6 Å². The van der Waals surface area contributed by atoms with E-state index in [0.717, 1.165) is 22.2 Å². The van der Waals surface area contributed by atoms with Crippen molar-refractivity contribution in [2.45, 2.75) is 59.7 Å². The van der Waals surface area contributed by atoms with Crippen LogP contribution in [0.2, 0.25) is 5.02 Å². The van der Waals surface area contributed by atoms with Gasteiger partial charge >= 0.3 is 0 Å². The van der Waals surface area contributed by atoms with Crippen LogP contribution in [0.4, 0.5) is 5.69 Å². The first kappa shape index (κ1) is 21.7. The Morgan fingerprint density at radius 1 is 1.26 bits per heavy atom. The Bertz CT molecular complexity index is 1050. The normalized spacial score (nSPS) is 26.1. The Morgan fingerprint density at radius 3 is 2.68 bits per heavy atom. The molecule has 0 saturated heterocycles. The average Bonchev–Trinajstić information content (AvgIpc) is 2.73. The zero-order valence-electron chi connectivity index (χ0n) is 18.4. The number of nitrogens with zero attached hydrogens (tertiary/aromatic N) is 4. The summed E-state index contributed by atoms with van der Waals surface area (Å²) in [7, 11) is 0. The average molecular weight is 445 g/mol. The Kier molecular flexibility index (Phi) is 5.77. The quantitative estimate of drug-likeness (QED) is 0.710. The lowest BCUT2D eigenvalue weighted by Crippen LogP contribution is -2.58. The molecule has 3 aliphatic carbocycles. The van der Waals surface area contributed by atoms with Gasteiger partial charge in [0, 0.05) is 12.6 Å². The summed E-state index contributed by atoms with van der Waals surface area (Å²) in [5.41, 5.74) is 2.25. The maximum absolute atomic E-state index is 12.7. The Balaban J connectivity index is 1.39. The molecule has 8 nitrogen and oxygen atoms in total. The van der Waals surface area contributed by atoms with Crippen molar-refractivity contribution in [1.82, 2.24) is 25.3 Å². The Labute approximate surface area is 186 Å². The van der Waals surface area contributed by atoms with Gasteiger partial charge in [-0.1, -0.05) is 32.4 Å². The van der Waals surface area contributed by atoms with Crippen molar-refractivity contribution in [2.24, 2.45) is 23.2 Å². The summed E-state index contributed by atoms with van der Waals surface area (Å²) in [5, 5.41) is 18.1. The summed E-state index contributed by atoms with van der Waals surface area (Å²) in [6.07, 6.45) is 7.14. The van der Waals surface area contributed by atoms with E-state index in [2.05, 4.69) is 46.7 Å². The number of hydrogen-bond donors (Lipinski definition) is 2. The van der Waals surface area contributed by atoms with Crippen molar-refractivity contribution in [2.75, 3.05) is 5.32 Å². The van der Waals surface area contributed by atoms with Crippen LogP contribution < -0.4 is 16.2 Å². The number of rotatable bonds is 6. The van der Waals surface area contributed by atoms with Gasteiger partial charge in [0.15, 0.2) is 0 Å². The second-order valence-corrected chi connectivity index (χ2v) is 9.89. The molecule has 1 amide bonds. The number of anilines is 1. The molecule has 3 fully saturated rings. The topological polar surface area (TPSA) is 102 Å². The summed E-state index contributed by atoms with van der Waals surface area (Å²) in [6, 6.07) is 0.270. The molecule has 2 N–H and O–H groups in total. The number of halogens is 1. The van der Waals surface area contributed by atoms with Crippen LogP contribution in [0, 0.1) is 30.1 Å². The van der Waals surface area contributed by atoms with Gasteiger partial charge in [-0.25, -0.2) is 4.68 Å². The van der Waals surface area contributed by atoms with E-state index in [1.807, 2.05) is 6.92 Å². The van der Waals surface area contributed by atoms with Crippen LogP contribution in [-0.4, -0.2) is 31.9 Å². The summed E-state index contributed by atoms with van der Waals surface area (Å²) in [6.45, 7) is 8.98. The third kappa shape index (κ3) is 4.05. The first-order valence-corrected chi connectivity index (χ1v) is 11.1. The highest BCUT2D eigenvalue weighted by atomic mass is 35.5. The van der Waals surface area contributed by atoms with Crippen molar-refractivity contribution >= 4 is 23.2 Å². The minimum atomic E-state index is -0.475. The van der Waals surface area contributed by atoms with Gasteiger partial charge in [-0.15, -0.1) is 0 Å². The number of carbonyl (C=O) groups is 1. The van der Waals surface area contributed by atoms with E-state index >= 15 is 0 Å². The summed E-state index contributed by atoms with van der Waals surface area (Å²) in [5.74, 6) is 1.54. The lowest BCUT2D eigenvalue weighted by atomic mass is 9.45. The maximum Gasteiger partial charge on any atom is 0.288 e. The van der Waals surface area contributed by atoms with Gasteiger partial charge in [-0.3, -0.25) is 9.59 Å². The van der Waals surface area contributed by atoms with Crippen LogP contribution in [0.1, 0.15) is 44.7 Å². The zero-order valence-corrected chi connectivity index (χ0v) is 19.1. The van der Waals surface area contributed by atoms with Crippen molar-refractivity contribution in [3.8, 4) is 0 Å². The smallest absolute Gasteiger partial charge is 0.288 e. The maximum atomic E-state index is 12.7. The third-order valence-electron chi connectivity index (χ3n) is 7.49. The lowest BCUT2D eigenvalue weighted by molar-refractivity contribution is -0.122. The molecule has 2 aromatic rings. The molecular formula is C22H29ClN6O2. The highest BCUT2D eigenvalue weighted by molar-refractivity contribution is 6.32. The van der Waals surface area contributed by atoms with Gasteiger partial charge in [0.05, 0.1) is 24.3 Å². The predicted octanol–water partition coefficient (Wildman–Crippen LogP) is 2.79. The summed E-state index contributed by atoms with van der Waals surface area (Å²) >= 11 is 6.36. The molecule has 5 rings (SSSR count). The monoisotopic (exact) mass is 444 g/mol. The van der Waals surface area contributed by atoms with E-state index in [1.54, 1.807) is 18.6 Å². The van der Waals surface area contributed by atoms with Crippen molar-refractivity contribution in [1.29, 1.82) is 0 Å². The molecular weight excluding hydrogens is 416 g/mol. The minimum absolute atomic E-state index is 0.0719. The molecule has 3 aliphatic rings. The van der Waals surface area contributed by atoms with Crippen LogP contribution in [0.3, 0.4) is 0 Å². The van der Waals surface area contributed by atoms with Crippen LogP contribution in [0.25, 0.3) is 0 Å². The molecule has 31 heavy (non-hydrogen) atoms. The summed E-state index contributed by atoms with van der Waals surface area (Å²) < 4.78 is 1.09. The van der Waals surface area contributed by atoms with E-state index in [-0.39, 0.29) is 23.5 Å². The second kappa shape index (κ2) is 8.22. The molecule has 2 heterocycles. The SMILES string of the molecule is Cc1cnncc1CNC(=O)Cn1ncc(N[C@@H]2C[C@H]3C[C@@H]([C@H]2C)C3(C)C)c(Cl)c1=O. The van der Waals surface area contributed by atoms with Crippen molar-refractivity contribution in [3.63, 3.8) is 0 Å². The number of fused-ring (bicyclic) bond motifs is 2. The minimum Gasteiger partial charge on any atom is -0.379 e. The van der Waals surface area contributed by atoms with Gasteiger partial charge in [-0.05, 0) is 54.1 Å². The highest BCUT2D eigenvalue weighted by Crippen LogP contribution is 2.61. The number of aromatic nitrogens is 4. The summed E-state index contributed by atoms with van der Waals surface area (Å²) in [4.78, 5) is 25.0. The third-order valence-corrected chi connectivity index (χ3v) is 7.85. The fourth-order valence-corrected chi connectivity index (χ4v) is 5.40. The zero-order chi connectivity index (χ0) is 22.3. The molecule has 0 aromatic carbocycles. The number of aryl methyl sites for hydroxylation is 1. The molecule has 0 radical (unpaired) electrons. The van der Waals surface area contributed by atoms with Crippen LogP contribution in [-0.2, 0) is 17.9 Å². The number of amides is 1. The Hall–Kier alpha value is -2.48. The van der Waals surface area contributed by atoms with Gasteiger partial charge in [-0.2, -0.15) is 15.3 Å². The number of carbonyl (C=O) groups excluding carboxylic acids is 1. The van der Waals surface area contributed by atoms with Crippen LogP contribution in [0.5, 0.6) is 0 Å². The first-order chi connectivity index (χ1) is 14.7. The van der Waals surface area contributed by atoms with Crippen molar-refractivity contribution in [3.05, 3.63) is 45.1 Å². The molecule has 0 spiro atoms. The standard InChI is InChI=1S/C22H29ClN6O2/c1-12-7-25-26-9-14(12)8-24-19(30)11-29-21(31)20(23)18(10-27-29)28-17-6-15-5-16(13(17)2)22(15,3)4/h7,9-10,13,15-17,28H,5-6,8,11H2,1-4H3,(H,24,30)/t13-,15-,16+,17-/m1/s1. The molecule has 4 atom stereocenters. The molecule has 166 valence electrons. The molecule has 2 aromatic heterocycles. The van der Waals surface area contributed by atoms with E-state index in [9.17, 15) is 9.59 Å². The van der Waals surface area contributed by atoms with Crippen molar-refractivity contribution < 1.29 is 4.79 Å². The fourth-order valence-electron chi connectivity index (χ4n) is 5.20. The van der Waals surface area contributed by atoms with Crippen LogP contribution >= 0.6 is 11.6 Å².